The maximum atomic E-state index is 12.0. The fourth-order valence-electron chi connectivity index (χ4n) is 1.64. The van der Waals surface area contributed by atoms with Gasteiger partial charge in [-0.3, -0.25) is 4.72 Å². The molecular weight excluding hydrogens is 302 g/mol. The molecule has 0 aliphatic heterocycles. The fourth-order valence-corrected chi connectivity index (χ4v) is 3.69. The van der Waals surface area contributed by atoms with E-state index in [1.54, 1.807) is 13.0 Å². The standard InChI is InChI=1S/C11H15N3O4S2/c1-3-9(7-12)20(17,18)14-10-5-4-6-11(8(10)2)19(13,15)16/h4-6,9,14H,3H2,1-2H3,(H2,13,15,16). The summed E-state index contributed by atoms with van der Waals surface area (Å²) >= 11 is 0. The lowest BCUT2D eigenvalue weighted by molar-refractivity contribution is 0.591. The number of nitriles is 1. The smallest absolute Gasteiger partial charge is 0.249 e. The number of benzene rings is 1. The number of rotatable bonds is 5. The predicted octanol–water partition coefficient (Wildman–Crippen LogP) is 0.686. The van der Waals surface area contributed by atoms with Crippen LogP contribution in [0.5, 0.6) is 0 Å². The van der Waals surface area contributed by atoms with Gasteiger partial charge in [-0.2, -0.15) is 5.26 Å². The minimum Gasteiger partial charge on any atom is -0.282 e. The van der Waals surface area contributed by atoms with Crippen molar-refractivity contribution in [2.75, 3.05) is 4.72 Å². The molecule has 3 N–H and O–H groups in total. The van der Waals surface area contributed by atoms with E-state index in [-0.39, 0.29) is 22.6 Å². The summed E-state index contributed by atoms with van der Waals surface area (Å²) in [5.74, 6) is 0. The van der Waals surface area contributed by atoms with Crippen LogP contribution in [0.2, 0.25) is 0 Å². The Bertz CT molecular complexity index is 748. The van der Waals surface area contributed by atoms with E-state index in [1.165, 1.54) is 25.1 Å². The lowest BCUT2D eigenvalue weighted by Gasteiger charge is -2.14. The Morgan fingerprint density at radius 2 is 1.95 bits per heavy atom. The molecule has 1 atom stereocenters. The first-order valence-corrected chi connectivity index (χ1v) is 8.76. The van der Waals surface area contributed by atoms with E-state index < -0.39 is 25.3 Å². The largest absolute Gasteiger partial charge is 0.282 e. The lowest BCUT2D eigenvalue weighted by atomic mass is 10.2. The van der Waals surface area contributed by atoms with Gasteiger partial charge in [-0.05, 0) is 31.0 Å². The Kier molecular flexibility index (Phi) is 4.75. The molecule has 0 saturated heterocycles. The van der Waals surface area contributed by atoms with Crippen LogP contribution >= 0.6 is 0 Å². The molecule has 20 heavy (non-hydrogen) atoms. The van der Waals surface area contributed by atoms with Crippen molar-refractivity contribution in [3.8, 4) is 6.07 Å². The van der Waals surface area contributed by atoms with Crippen molar-refractivity contribution < 1.29 is 16.8 Å². The summed E-state index contributed by atoms with van der Waals surface area (Å²) < 4.78 is 48.9. The van der Waals surface area contributed by atoms with Crippen LogP contribution in [0.25, 0.3) is 0 Å². The van der Waals surface area contributed by atoms with Crippen molar-refractivity contribution >= 4 is 25.7 Å². The molecule has 7 nitrogen and oxygen atoms in total. The number of nitrogens with two attached hydrogens (primary N) is 1. The number of anilines is 1. The lowest BCUT2D eigenvalue weighted by Crippen LogP contribution is -2.26. The summed E-state index contributed by atoms with van der Waals surface area (Å²) in [5, 5.41) is 12.6. The van der Waals surface area contributed by atoms with Crippen LogP contribution < -0.4 is 9.86 Å². The van der Waals surface area contributed by atoms with Gasteiger partial charge >= 0.3 is 0 Å². The molecular formula is C11H15N3O4S2. The molecule has 0 bridgehead atoms. The highest BCUT2D eigenvalue weighted by molar-refractivity contribution is 7.93. The average Bonchev–Trinajstić information content (AvgIpc) is 2.31. The van der Waals surface area contributed by atoms with Gasteiger partial charge in [0.05, 0.1) is 16.7 Å². The monoisotopic (exact) mass is 317 g/mol. The Hall–Kier alpha value is -1.63. The first-order chi connectivity index (χ1) is 9.13. The molecule has 0 saturated carbocycles. The second kappa shape index (κ2) is 5.78. The van der Waals surface area contributed by atoms with E-state index in [2.05, 4.69) is 4.72 Å². The highest BCUT2D eigenvalue weighted by atomic mass is 32.2. The van der Waals surface area contributed by atoms with E-state index in [9.17, 15) is 16.8 Å². The molecule has 1 unspecified atom stereocenters. The molecule has 1 aromatic rings. The van der Waals surface area contributed by atoms with Crippen molar-refractivity contribution in [3.63, 3.8) is 0 Å². The van der Waals surface area contributed by atoms with Crippen molar-refractivity contribution in [1.29, 1.82) is 5.26 Å². The molecule has 9 heteroatoms. The number of sulfonamides is 2. The summed E-state index contributed by atoms with van der Waals surface area (Å²) in [4.78, 5) is -0.164. The topological polar surface area (TPSA) is 130 Å². The fraction of sp³-hybridized carbons (Fsp3) is 0.364. The molecule has 0 aliphatic rings. The summed E-state index contributed by atoms with van der Waals surface area (Å²) in [5.41, 5.74) is 0.275. The SMILES string of the molecule is CCC(C#N)S(=O)(=O)Nc1cccc(S(N)(=O)=O)c1C. The van der Waals surface area contributed by atoms with Crippen molar-refractivity contribution in [2.24, 2.45) is 5.14 Å². The van der Waals surface area contributed by atoms with Gasteiger partial charge in [-0.1, -0.05) is 13.0 Å². The minimum atomic E-state index is -3.94. The van der Waals surface area contributed by atoms with E-state index in [1.807, 2.05) is 0 Å². The zero-order valence-corrected chi connectivity index (χ0v) is 12.6. The van der Waals surface area contributed by atoms with Gasteiger partial charge in [-0.25, -0.2) is 22.0 Å². The number of hydrogen-bond acceptors (Lipinski definition) is 5. The van der Waals surface area contributed by atoms with Gasteiger partial charge in [0, 0.05) is 0 Å². The van der Waals surface area contributed by atoms with E-state index in [0.29, 0.717) is 0 Å². The van der Waals surface area contributed by atoms with Crippen LogP contribution in [0, 0.1) is 18.3 Å². The van der Waals surface area contributed by atoms with Gasteiger partial charge in [0.1, 0.15) is 0 Å². The second-order valence-electron chi connectivity index (χ2n) is 4.15. The molecule has 110 valence electrons. The number of nitrogens with zero attached hydrogens (tertiary/aromatic N) is 1. The summed E-state index contributed by atoms with van der Waals surface area (Å²) in [6, 6.07) is 5.75. The summed E-state index contributed by atoms with van der Waals surface area (Å²) in [6.45, 7) is 3.01. The van der Waals surface area contributed by atoms with Crippen LogP contribution in [0.3, 0.4) is 0 Å². The average molecular weight is 317 g/mol. The normalized spacial score (nSPS) is 13.5. The summed E-state index contributed by atoms with van der Waals surface area (Å²) in [7, 11) is -7.85. The highest BCUT2D eigenvalue weighted by Crippen LogP contribution is 2.24. The quantitative estimate of drug-likeness (QED) is 0.825. The molecule has 0 aromatic heterocycles. The highest BCUT2D eigenvalue weighted by Gasteiger charge is 2.25. The van der Waals surface area contributed by atoms with Crippen LogP contribution in [0.4, 0.5) is 5.69 Å². The maximum Gasteiger partial charge on any atom is 0.249 e. The van der Waals surface area contributed by atoms with Crippen LogP contribution in [0.1, 0.15) is 18.9 Å². The molecule has 0 fully saturated rings. The van der Waals surface area contributed by atoms with Gasteiger partial charge in [0.2, 0.25) is 20.0 Å². The third kappa shape index (κ3) is 3.47. The number of nitrogens with one attached hydrogen (secondary N) is 1. The first-order valence-electron chi connectivity index (χ1n) is 5.67. The molecule has 0 amide bonds. The maximum absolute atomic E-state index is 12.0. The van der Waals surface area contributed by atoms with Crippen LogP contribution in [0.15, 0.2) is 23.1 Å². The summed E-state index contributed by atoms with van der Waals surface area (Å²) in [6.07, 6.45) is 0.125. The van der Waals surface area contributed by atoms with Gasteiger partial charge in [0.15, 0.2) is 5.25 Å². The minimum absolute atomic E-state index is 0.0882. The van der Waals surface area contributed by atoms with Crippen LogP contribution in [-0.2, 0) is 20.0 Å². The van der Waals surface area contributed by atoms with Gasteiger partial charge < -0.3 is 0 Å². The number of primary sulfonamides is 1. The van der Waals surface area contributed by atoms with E-state index in [0.717, 1.165) is 0 Å². The van der Waals surface area contributed by atoms with Crippen molar-refractivity contribution in [3.05, 3.63) is 23.8 Å². The molecule has 1 aromatic carbocycles. The second-order valence-corrected chi connectivity index (χ2v) is 7.54. The van der Waals surface area contributed by atoms with Gasteiger partial charge in [-0.15, -0.1) is 0 Å². The van der Waals surface area contributed by atoms with E-state index >= 15 is 0 Å². The Balaban J connectivity index is 3.29. The molecule has 1 rings (SSSR count). The third-order valence-electron chi connectivity index (χ3n) is 2.73. The first kappa shape index (κ1) is 16.4. The number of hydrogen-bond donors (Lipinski definition) is 2. The molecule has 0 aliphatic carbocycles. The zero-order valence-electron chi connectivity index (χ0n) is 11.0. The van der Waals surface area contributed by atoms with Crippen molar-refractivity contribution in [1.82, 2.24) is 0 Å². The molecule has 0 heterocycles. The zero-order chi connectivity index (χ0) is 15.6. The van der Waals surface area contributed by atoms with Gasteiger partial charge in [0.25, 0.3) is 0 Å². The predicted molar refractivity (Wildman–Crippen MR) is 74.8 cm³/mol. The van der Waals surface area contributed by atoms with Crippen LogP contribution in [-0.4, -0.2) is 22.1 Å². The Morgan fingerprint density at radius 1 is 1.35 bits per heavy atom. The third-order valence-corrected chi connectivity index (χ3v) is 5.48. The van der Waals surface area contributed by atoms with Crippen molar-refractivity contribution in [2.45, 2.75) is 30.4 Å². The Labute approximate surface area is 118 Å². The molecule has 0 spiro atoms. The van der Waals surface area contributed by atoms with E-state index in [4.69, 9.17) is 10.4 Å². The molecule has 0 radical (unpaired) electrons. The Morgan fingerprint density at radius 3 is 2.40 bits per heavy atom.